The summed E-state index contributed by atoms with van der Waals surface area (Å²) >= 11 is 0. The molecule has 1 aromatic carbocycles. The molecule has 0 fully saturated rings. The lowest BCUT2D eigenvalue weighted by molar-refractivity contribution is -0.137. The molecule has 0 spiro atoms. The Kier molecular flexibility index (Phi) is 5.60. The summed E-state index contributed by atoms with van der Waals surface area (Å²) in [5.41, 5.74) is 0.645. The Labute approximate surface area is 112 Å². The Bertz CT molecular complexity index is 476. The van der Waals surface area contributed by atoms with E-state index < -0.39 is 5.97 Å². The van der Waals surface area contributed by atoms with Gasteiger partial charge in [0, 0.05) is 12.6 Å². The maximum atomic E-state index is 11.6. The maximum absolute atomic E-state index is 11.6. The Morgan fingerprint density at radius 3 is 2.53 bits per heavy atom. The summed E-state index contributed by atoms with van der Waals surface area (Å²) in [7, 11) is 2.78. The fraction of sp³-hybridized carbons (Fsp3) is 0.286. The zero-order chi connectivity index (χ0) is 14.3. The number of Topliss-reactive ketones (excluding diaryl/α,β-unsaturated/α-hetero) is 1. The Morgan fingerprint density at radius 1 is 1.26 bits per heavy atom. The molecule has 0 saturated carbocycles. The summed E-state index contributed by atoms with van der Waals surface area (Å²) in [6, 6.07) is 7.20. The number of para-hydroxylation sites is 2. The van der Waals surface area contributed by atoms with Gasteiger partial charge in [-0.25, -0.2) is 4.79 Å². The van der Waals surface area contributed by atoms with Gasteiger partial charge in [-0.05, 0) is 12.1 Å². The van der Waals surface area contributed by atoms with Crippen molar-refractivity contribution in [3.05, 3.63) is 36.0 Å². The van der Waals surface area contributed by atoms with Crippen molar-refractivity contribution in [3.8, 4) is 5.75 Å². The Hall–Kier alpha value is -2.30. The molecule has 0 aliphatic rings. The Morgan fingerprint density at radius 2 is 1.95 bits per heavy atom. The third-order valence-electron chi connectivity index (χ3n) is 2.51. The molecule has 0 unspecified atom stereocenters. The number of carbonyl (C=O) groups excluding carboxylic acids is 2. The minimum absolute atomic E-state index is 0.0177. The normalized spacial score (nSPS) is 10.8. The predicted octanol–water partition coefficient (Wildman–Crippen LogP) is 2.14. The third kappa shape index (κ3) is 3.84. The number of nitrogens with one attached hydrogen (secondary N) is 1. The molecular weight excluding hydrogens is 246 g/mol. The number of anilines is 1. The van der Waals surface area contributed by atoms with Crippen LogP contribution in [0.1, 0.15) is 13.3 Å². The van der Waals surface area contributed by atoms with Crippen LogP contribution in [-0.4, -0.2) is 26.0 Å². The number of carbonyl (C=O) groups is 2. The molecule has 0 heterocycles. The van der Waals surface area contributed by atoms with Crippen LogP contribution in [0.15, 0.2) is 36.0 Å². The highest BCUT2D eigenvalue weighted by atomic mass is 16.5. The summed E-state index contributed by atoms with van der Waals surface area (Å²) in [5, 5.41) is 2.89. The van der Waals surface area contributed by atoms with Crippen LogP contribution in [0.3, 0.4) is 0 Å². The van der Waals surface area contributed by atoms with Crippen LogP contribution in [0.5, 0.6) is 5.75 Å². The molecule has 5 heteroatoms. The van der Waals surface area contributed by atoms with Crippen LogP contribution in [0.25, 0.3) is 0 Å². The van der Waals surface area contributed by atoms with Gasteiger partial charge in [-0.2, -0.15) is 0 Å². The first-order chi connectivity index (χ1) is 9.13. The summed E-state index contributed by atoms with van der Waals surface area (Å²) in [5.74, 6) is -0.324. The molecular formula is C14H17NO4. The lowest BCUT2D eigenvalue weighted by Gasteiger charge is -2.09. The zero-order valence-electron chi connectivity index (χ0n) is 11.2. The quantitative estimate of drug-likeness (QED) is 0.369. The molecule has 1 rings (SSSR count). The molecule has 0 atom stereocenters. The average molecular weight is 263 g/mol. The second kappa shape index (κ2) is 7.20. The smallest absolute Gasteiger partial charge is 0.342 e. The van der Waals surface area contributed by atoms with Crippen molar-refractivity contribution in [1.29, 1.82) is 0 Å². The van der Waals surface area contributed by atoms with E-state index in [9.17, 15) is 9.59 Å². The summed E-state index contributed by atoms with van der Waals surface area (Å²) in [4.78, 5) is 23.2. The molecule has 19 heavy (non-hydrogen) atoms. The lowest BCUT2D eigenvalue weighted by Crippen LogP contribution is -2.15. The standard InChI is InChI=1S/C14H17NO4/c1-4-12(16)10(14(17)19-3)9-15-11-7-5-6-8-13(11)18-2/h5-9,15H,4H2,1-3H3. The Balaban J connectivity index is 2.98. The van der Waals surface area contributed by atoms with Crippen LogP contribution in [-0.2, 0) is 14.3 Å². The number of hydrogen-bond donors (Lipinski definition) is 1. The molecule has 0 saturated heterocycles. The molecule has 0 bridgehead atoms. The van der Waals surface area contributed by atoms with Gasteiger partial charge in [0.25, 0.3) is 0 Å². The first-order valence-corrected chi connectivity index (χ1v) is 5.85. The van der Waals surface area contributed by atoms with Crippen LogP contribution in [0.2, 0.25) is 0 Å². The number of ketones is 1. The fourth-order valence-corrected chi connectivity index (χ4v) is 1.47. The first-order valence-electron chi connectivity index (χ1n) is 5.85. The van der Waals surface area contributed by atoms with E-state index >= 15 is 0 Å². The second-order valence-electron chi connectivity index (χ2n) is 3.67. The highest BCUT2D eigenvalue weighted by Crippen LogP contribution is 2.23. The molecule has 0 aromatic heterocycles. The van der Waals surface area contributed by atoms with Crippen molar-refractivity contribution in [1.82, 2.24) is 0 Å². The van der Waals surface area contributed by atoms with Crippen LogP contribution in [0, 0.1) is 0 Å². The van der Waals surface area contributed by atoms with Crippen molar-refractivity contribution in [2.75, 3.05) is 19.5 Å². The van der Waals surface area contributed by atoms with Gasteiger partial charge in [0.15, 0.2) is 5.78 Å². The highest BCUT2D eigenvalue weighted by molar-refractivity contribution is 6.17. The topological polar surface area (TPSA) is 64.6 Å². The summed E-state index contributed by atoms with van der Waals surface area (Å²) in [6.45, 7) is 1.68. The van der Waals surface area contributed by atoms with Gasteiger partial charge in [-0.15, -0.1) is 0 Å². The molecule has 0 aliphatic heterocycles. The van der Waals surface area contributed by atoms with Gasteiger partial charge in [0.2, 0.25) is 0 Å². The molecule has 102 valence electrons. The molecule has 0 amide bonds. The number of benzene rings is 1. The van der Waals surface area contributed by atoms with E-state index in [2.05, 4.69) is 10.1 Å². The number of hydrogen-bond acceptors (Lipinski definition) is 5. The SMILES string of the molecule is CCC(=O)C(=CNc1ccccc1OC)C(=O)OC. The first kappa shape index (κ1) is 14.8. The number of ether oxygens (including phenoxy) is 2. The summed E-state index contributed by atoms with van der Waals surface area (Å²) < 4.78 is 9.74. The van der Waals surface area contributed by atoms with Gasteiger partial charge in [0.1, 0.15) is 11.3 Å². The molecule has 0 aliphatic carbocycles. The van der Waals surface area contributed by atoms with Gasteiger partial charge in [-0.1, -0.05) is 19.1 Å². The lowest BCUT2D eigenvalue weighted by atomic mass is 10.1. The van der Waals surface area contributed by atoms with Crippen molar-refractivity contribution in [2.45, 2.75) is 13.3 Å². The van der Waals surface area contributed by atoms with Crippen molar-refractivity contribution < 1.29 is 19.1 Å². The molecule has 1 aromatic rings. The van der Waals surface area contributed by atoms with E-state index in [4.69, 9.17) is 4.74 Å². The largest absolute Gasteiger partial charge is 0.495 e. The maximum Gasteiger partial charge on any atom is 0.342 e. The number of rotatable bonds is 6. The van der Waals surface area contributed by atoms with Gasteiger partial charge >= 0.3 is 5.97 Å². The van der Waals surface area contributed by atoms with E-state index in [0.717, 1.165) is 0 Å². The van der Waals surface area contributed by atoms with Gasteiger partial charge in [-0.3, -0.25) is 4.79 Å². The van der Waals surface area contributed by atoms with E-state index in [1.807, 2.05) is 12.1 Å². The monoisotopic (exact) mass is 263 g/mol. The van der Waals surface area contributed by atoms with E-state index in [-0.39, 0.29) is 17.8 Å². The van der Waals surface area contributed by atoms with Crippen LogP contribution < -0.4 is 10.1 Å². The molecule has 0 radical (unpaired) electrons. The molecule has 5 nitrogen and oxygen atoms in total. The van der Waals surface area contributed by atoms with E-state index in [1.54, 1.807) is 26.2 Å². The fourth-order valence-electron chi connectivity index (χ4n) is 1.47. The van der Waals surface area contributed by atoms with E-state index in [0.29, 0.717) is 11.4 Å². The third-order valence-corrected chi connectivity index (χ3v) is 2.51. The number of esters is 1. The number of methoxy groups -OCH3 is 2. The van der Waals surface area contributed by atoms with Crippen molar-refractivity contribution in [2.24, 2.45) is 0 Å². The van der Waals surface area contributed by atoms with Crippen molar-refractivity contribution >= 4 is 17.4 Å². The van der Waals surface area contributed by atoms with Crippen LogP contribution >= 0.6 is 0 Å². The predicted molar refractivity (Wildman–Crippen MR) is 72.0 cm³/mol. The second-order valence-corrected chi connectivity index (χ2v) is 3.67. The summed E-state index contributed by atoms with van der Waals surface area (Å²) in [6.07, 6.45) is 1.57. The van der Waals surface area contributed by atoms with E-state index in [1.165, 1.54) is 13.3 Å². The van der Waals surface area contributed by atoms with Gasteiger partial charge in [0.05, 0.1) is 19.9 Å². The van der Waals surface area contributed by atoms with Gasteiger partial charge < -0.3 is 14.8 Å². The minimum atomic E-state index is -0.658. The zero-order valence-corrected chi connectivity index (χ0v) is 11.2. The van der Waals surface area contributed by atoms with Crippen molar-refractivity contribution in [3.63, 3.8) is 0 Å². The molecule has 1 N–H and O–H groups in total. The average Bonchev–Trinajstić information content (AvgIpc) is 2.47. The van der Waals surface area contributed by atoms with Crippen LogP contribution in [0.4, 0.5) is 5.69 Å². The minimum Gasteiger partial charge on any atom is -0.495 e. The highest BCUT2D eigenvalue weighted by Gasteiger charge is 2.17.